The second-order valence-corrected chi connectivity index (χ2v) is 10.9. The molecular weight excluding hydrogens is 560 g/mol. The number of halogens is 5. The predicted octanol–water partition coefficient (Wildman–Crippen LogP) is 6.63. The van der Waals surface area contributed by atoms with Crippen molar-refractivity contribution < 1.29 is 27.1 Å². The van der Waals surface area contributed by atoms with Gasteiger partial charge < -0.3 is 20.3 Å². The number of pyridine rings is 1. The zero-order valence-electron chi connectivity index (χ0n) is 22.8. The van der Waals surface area contributed by atoms with E-state index in [0.29, 0.717) is 22.3 Å². The number of ether oxygens (including phenoxy) is 1. The minimum absolute atomic E-state index is 0.0722. The Hall–Kier alpha value is -3.37. The smallest absolute Gasteiger partial charge is 0.428 e. The van der Waals surface area contributed by atoms with E-state index in [9.17, 15) is 22.4 Å². The van der Waals surface area contributed by atoms with Gasteiger partial charge >= 0.3 is 18.6 Å². The summed E-state index contributed by atoms with van der Waals surface area (Å²) in [7, 11) is 0. The molecule has 2 heterocycles. The molecule has 0 unspecified atom stereocenters. The first-order valence-corrected chi connectivity index (χ1v) is 13.8. The lowest BCUT2D eigenvalue weighted by molar-refractivity contribution is -0.253. The van der Waals surface area contributed by atoms with Gasteiger partial charge in [-0.15, -0.1) is 0 Å². The molecule has 1 aliphatic heterocycles. The number of piperidine rings is 1. The van der Waals surface area contributed by atoms with Crippen LogP contribution >= 0.6 is 11.6 Å². The monoisotopic (exact) mass is 592 g/mol. The molecule has 1 aromatic heterocycles. The van der Waals surface area contributed by atoms with Crippen molar-refractivity contribution in [1.82, 2.24) is 20.5 Å². The highest BCUT2D eigenvalue weighted by Crippen LogP contribution is 2.36. The molecule has 0 bridgehead atoms. The Labute approximate surface area is 242 Å². The highest BCUT2D eigenvalue weighted by atomic mass is 35.5. The zero-order valence-corrected chi connectivity index (χ0v) is 23.6. The van der Waals surface area contributed by atoms with E-state index < -0.39 is 29.9 Å². The van der Waals surface area contributed by atoms with Crippen LogP contribution in [-0.2, 0) is 12.0 Å². The maximum atomic E-state index is 13.8. The fourth-order valence-electron chi connectivity index (χ4n) is 5.05. The van der Waals surface area contributed by atoms with Crippen LogP contribution in [0.5, 0.6) is 5.75 Å². The molecule has 220 valence electrons. The first-order chi connectivity index (χ1) is 19.5. The third kappa shape index (κ3) is 7.68. The lowest BCUT2D eigenvalue weighted by atomic mass is 9.80. The van der Waals surface area contributed by atoms with Crippen LogP contribution in [0.15, 0.2) is 72.9 Å². The Morgan fingerprint density at radius 2 is 1.78 bits per heavy atom. The van der Waals surface area contributed by atoms with Gasteiger partial charge in [0.25, 0.3) is 0 Å². The predicted molar refractivity (Wildman–Crippen MR) is 150 cm³/mol. The van der Waals surface area contributed by atoms with Crippen LogP contribution in [-0.4, -0.2) is 53.6 Å². The van der Waals surface area contributed by atoms with E-state index in [2.05, 4.69) is 39.1 Å². The van der Waals surface area contributed by atoms with Crippen molar-refractivity contribution in [2.75, 3.05) is 13.1 Å². The van der Waals surface area contributed by atoms with Gasteiger partial charge in [0.15, 0.2) is 0 Å². The molecule has 2 amide bonds. The van der Waals surface area contributed by atoms with Gasteiger partial charge in [0.05, 0.1) is 10.7 Å². The molecular formula is C30H33ClF4N4O2. The third-order valence-electron chi connectivity index (χ3n) is 7.23. The Kier molecular flexibility index (Phi) is 9.76. The second kappa shape index (κ2) is 13.1. The van der Waals surface area contributed by atoms with Gasteiger partial charge in [0.2, 0.25) is 0 Å². The van der Waals surface area contributed by atoms with E-state index >= 15 is 0 Å². The maximum absolute atomic E-state index is 13.8. The molecule has 0 aliphatic carbocycles. The van der Waals surface area contributed by atoms with E-state index in [1.807, 2.05) is 30.3 Å². The molecule has 1 saturated heterocycles. The van der Waals surface area contributed by atoms with Gasteiger partial charge in [-0.05, 0) is 62.1 Å². The summed E-state index contributed by atoms with van der Waals surface area (Å²) in [6, 6.07) is 17.7. The summed E-state index contributed by atoms with van der Waals surface area (Å²) in [5.41, 5.74) is 0.0737. The Balaban J connectivity index is 1.74. The van der Waals surface area contributed by atoms with Crippen LogP contribution < -0.4 is 15.4 Å². The first-order valence-electron chi connectivity index (χ1n) is 13.4. The number of urea groups is 1. The summed E-state index contributed by atoms with van der Waals surface area (Å²) >= 11 is 6.12. The fourth-order valence-corrected chi connectivity index (χ4v) is 5.17. The van der Waals surface area contributed by atoms with Crippen molar-refractivity contribution in [3.05, 3.63) is 94.8 Å². The molecule has 1 atom stereocenters. The van der Waals surface area contributed by atoms with Crippen LogP contribution in [0.2, 0.25) is 5.02 Å². The normalized spacial score (nSPS) is 16.4. The maximum Gasteiger partial charge on any atom is 0.461 e. The average molecular weight is 593 g/mol. The Bertz CT molecular complexity index is 1290. The van der Waals surface area contributed by atoms with Crippen LogP contribution in [0, 0.1) is 0 Å². The van der Waals surface area contributed by atoms with Crippen molar-refractivity contribution in [2.45, 2.75) is 63.3 Å². The Morgan fingerprint density at radius 3 is 2.39 bits per heavy atom. The van der Waals surface area contributed by atoms with E-state index in [4.69, 9.17) is 11.6 Å². The number of aromatic nitrogens is 1. The molecule has 1 fully saturated rings. The summed E-state index contributed by atoms with van der Waals surface area (Å²) in [5, 5.41) is 6.48. The number of nitrogens with zero attached hydrogens (tertiary/aromatic N) is 2. The lowest BCUT2D eigenvalue weighted by Gasteiger charge is -2.38. The minimum atomic E-state index is -4.70. The fraction of sp³-hybridized carbons (Fsp3) is 0.400. The van der Waals surface area contributed by atoms with Crippen molar-refractivity contribution in [3.8, 4) is 5.75 Å². The van der Waals surface area contributed by atoms with E-state index in [1.54, 1.807) is 18.2 Å². The SMILES string of the molecule is CC(C)N1CCC(NC(=O)N[C@](Cc2ccccc2)(c2cccc(OC(F)(F)C(F)F)c2)c2ccc(Cl)cn2)CC1. The number of likely N-dealkylation sites (tertiary alicyclic amines) is 1. The molecule has 11 heteroatoms. The average Bonchev–Trinajstić information content (AvgIpc) is 2.93. The summed E-state index contributed by atoms with van der Waals surface area (Å²) < 4.78 is 57.9. The standard InChI is InChI=1S/C30H33ClF4N4O2/c1-20(2)39-15-13-24(14-16-39)37-28(40)38-29(18-21-7-4-3-5-8-21,26-12-11-23(31)19-36-26)22-9-6-10-25(17-22)41-30(34,35)27(32)33/h3-12,17,19-20,24,27H,13-16,18H2,1-2H3,(H2,37,38,40)/t29-/m1/s1. The van der Waals surface area contributed by atoms with Crippen LogP contribution in [0.1, 0.15) is 43.5 Å². The molecule has 2 N–H and O–H groups in total. The number of rotatable bonds is 10. The molecule has 3 aromatic rings. The molecule has 4 rings (SSSR count). The van der Waals surface area contributed by atoms with Crippen LogP contribution in [0.4, 0.5) is 22.4 Å². The number of nitrogens with one attached hydrogen (secondary N) is 2. The summed E-state index contributed by atoms with van der Waals surface area (Å²) in [4.78, 5) is 20.4. The highest BCUT2D eigenvalue weighted by molar-refractivity contribution is 6.30. The van der Waals surface area contributed by atoms with Gasteiger partial charge in [-0.2, -0.15) is 17.6 Å². The largest absolute Gasteiger partial charge is 0.461 e. The number of carbonyl (C=O) groups is 1. The van der Waals surface area contributed by atoms with E-state index in [1.165, 1.54) is 18.3 Å². The summed E-state index contributed by atoms with van der Waals surface area (Å²) in [6.07, 6.45) is -5.61. The molecule has 0 spiro atoms. The topological polar surface area (TPSA) is 66.5 Å². The van der Waals surface area contributed by atoms with Crippen molar-refractivity contribution in [1.29, 1.82) is 0 Å². The lowest BCUT2D eigenvalue weighted by Crippen LogP contribution is -2.56. The van der Waals surface area contributed by atoms with E-state index in [0.717, 1.165) is 37.6 Å². The number of hydrogen-bond donors (Lipinski definition) is 2. The summed E-state index contributed by atoms with van der Waals surface area (Å²) in [5.74, 6) is -0.484. The first kappa shape index (κ1) is 30.6. The zero-order chi connectivity index (χ0) is 29.6. The molecule has 41 heavy (non-hydrogen) atoms. The molecule has 0 radical (unpaired) electrons. The van der Waals surface area contributed by atoms with Gasteiger partial charge in [-0.25, -0.2) is 4.79 Å². The van der Waals surface area contributed by atoms with Crippen molar-refractivity contribution in [2.24, 2.45) is 0 Å². The number of hydrogen-bond acceptors (Lipinski definition) is 4. The van der Waals surface area contributed by atoms with Gasteiger partial charge in [0.1, 0.15) is 11.3 Å². The second-order valence-electron chi connectivity index (χ2n) is 10.4. The molecule has 6 nitrogen and oxygen atoms in total. The Morgan fingerprint density at radius 1 is 1.07 bits per heavy atom. The number of amides is 2. The molecule has 2 aromatic carbocycles. The number of alkyl halides is 4. The molecule has 0 saturated carbocycles. The van der Waals surface area contributed by atoms with Gasteiger partial charge in [0, 0.05) is 37.8 Å². The van der Waals surface area contributed by atoms with Crippen molar-refractivity contribution in [3.63, 3.8) is 0 Å². The minimum Gasteiger partial charge on any atom is -0.428 e. The van der Waals surface area contributed by atoms with Crippen LogP contribution in [0.3, 0.4) is 0 Å². The third-order valence-corrected chi connectivity index (χ3v) is 7.46. The van der Waals surface area contributed by atoms with Gasteiger partial charge in [-0.3, -0.25) is 4.98 Å². The number of carbonyl (C=O) groups excluding carboxylic acids is 1. The van der Waals surface area contributed by atoms with Crippen LogP contribution in [0.25, 0.3) is 0 Å². The molecule has 1 aliphatic rings. The summed E-state index contributed by atoms with van der Waals surface area (Å²) in [6.45, 7) is 5.95. The highest BCUT2D eigenvalue weighted by Gasteiger charge is 2.45. The number of benzene rings is 2. The quantitative estimate of drug-likeness (QED) is 0.259. The van der Waals surface area contributed by atoms with Gasteiger partial charge in [-0.1, -0.05) is 54.1 Å². The van der Waals surface area contributed by atoms with E-state index in [-0.39, 0.29) is 12.5 Å². The van der Waals surface area contributed by atoms with Crippen molar-refractivity contribution >= 4 is 17.6 Å².